The number of nitrogens with one attached hydrogen (secondary N) is 1. The molecule has 2 fully saturated rings. The van der Waals surface area contributed by atoms with E-state index in [1.807, 2.05) is 29.3 Å². The molecule has 5 nitrogen and oxygen atoms in total. The molecule has 5 rings (SSSR count). The third kappa shape index (κ3) is 2.73. The van der Waals surface area contributed by atoms with Gasteiger partial charge in [0.25, 0.3) is 0 Å². The normalized spacial score (nSPS) is 17.7. The van der Waals surface area contributed by atoms with Gasteiger partial charge < -0.3 is 14.8 Å². The van der Waals surface area contributed by atoms with Crippen LogP contribution in [-0.4, -0.2) is 47.0 Å². The Morgan fingerprint density at radius 2 is 1.81 bits per heavy atom. The molecule has 2 aliphatic rings. The lowest BCUT2D eigenvalue weighted by Crippen LogP contribution is -2.49. The lowest BCUT2D eigenvalue weighted by molar-refractivity contribution is -0.132. The molecule has 0 radical (unpaired) electrons. The summed E-state index contributed by atoms with van der Waals surface area (Å²) in [6.07, 6.45) is 4.02. The Balaban J connectivity index is 1.41. The second-order valence-electron chi connectivity index (χ2n) is 7.23. The van der Waals surface area contributed by atoms with Crippen molar-refractivity contribution in [1.82, 2.24) is 14.9 Å². The number of carbonyl (C=O) groups is 1. The Bertz CT molecular complexity index is 937. The summed E-state index contributed by atoms with van der Waals surface area (Å²) < 4.78 is 0. The Labute approximate surface area is 152 Å². The number of benzene rings is 1. The fourth-order valence-corrected chi connectivity index (χ4v) is 3.82. The van der Waals surface area contributed by atoms with Crippen LogP contribution >= 0.6 is 0 Å². The third-order valence-corrected chi connectivity index (χ3v) is 5.45. The number of nitrogens with zero attached hydrogens (tertiary/aromatic N) is 3. The van der Waals surface area contributed by atoms with Gasteiger partial charge in [-0.3, -0.25) is 4.79 Å². The van der Waals surface area contributed by atoms with E-state index in [1.165, 1.54) is 5.69 Å². The van der Waals surface area contributed by atoms with E-state index >= 15 is 0 Å². The van der Waals surface area contributed by atoms with Gasteiger partial charge in [0.15, 0.2) is 0 Å². The number of pyridine rings is 1. The summed E-state index contributed by atoms with van der Waals surface area (Å²) in [5.74, 6) is 0.671. The maximum absolute atomic E-state index is 12.3. The lowest BCUT2D eigenvalue weighted by atomic mass is 10.1. The van der Waals surface area contributed by atoms with E-state index in [0.717, 1.165) is 61.3 Å². The second-order valence-corrected chi connectivity index (χ2v) is 7.23. The maximum Gasteiger partial charge on any atom is 0.225 e. The Morgan fingerprint density at radius 1 is 1.04 bits per heavy atom. The van der Waals surface area contributed by atoms with Crippen LogP contribution in [0.2, 0.25) is 0 Å². The van der Waals surface area contributed by atoms with E-state index in [0.29, 0.717) is 11.8 Å². The van der Waals surface area contributed by atoms with Crippen LogP contribution in [-0.2, 0) is 4.79 Å². The molecule has 0 atom stereocenters. The first-order valence-electron chi connectivity index (χ1n) is 9.36. The van der Waals surface area contributed by atoms with Gasteiger partial charge in [0.05, 0.1) is 0 Å². The maximum atomic E-state index is 12.3. The van der Waals surface area contributed by atoms with Crippen molar-refractivity contribution in [2.24, 2.45) is 5.92 Å². The smallest absolute Gasteiger partial charge is 0.225 e. The van der Waals surface area contributed by atoms with Gasteiger partial charge in [-0.05, 0) is 30.5 Å². The summed E-state index contributed by atoms with van der Waals surface area (Å²) in [4.78, 5) is 24.6. The van der Waals surface area contributed by atoms with Crippen LogP contribution < -0.4 is 4.90 Å². The van der Waals surface area contributed by atoms with Gasteiger partial charge in [-0.2, -0.15) is 0 Å². The van der Waals surface area contributed by atoms with Gasteiger partial charge >= 0.3 is 0 Å². The highest BCUT2D eigenvalue weighted by Gasteiger charge is 2.34. The molecule has 26 heavy (non-hydrogen) atoms. The SMILES string of the molecule is O=C(C1CC1)N1CCN(c2ccnc3[nH]c(-c4ccccc4)cc23)CC1. The average Bonchev–Trinajstić information content (AvgIpc) is 3.46. The number of carbonyl (C=O) groups excluding carboxylic acids is 1. The summed E-state index contributed by atoms with van der Waals surface area (Å²) in [7, 11) is 0. The van der Waals surface area contributed by atoms with Gasteiger partial charge in [0.1, 0.15) is 5.65 Å². The van der Waals surface area contributed by atoms with E-state index in [2.05, 4.69) is 39.1 Å². The van der Waals surface area contributed by atoms with E-state index in [-0.39, 0.29) is 0 Å². The molecule has 1 aromatic carbocycles. The van der Waals surface area contributed by atoms with Crippen molar-refractivity contribution in [3.8, 4) is 11.3 Å². The van der Waals surface area contributed by atoms with Gasteiger partial charge in [0.2, 0.25) is 5.91 Å². The number of hydrogen-bond acceptors (Lipinski definition) is 3. The third-order valence-electron chi connectivity index (χ3n) is 5.45. The topological polar surface area (TPSA) is 52.2 Å². The van der Waals surface area contributed by atoms with E-state index in [1.54, 1.807) is 0 Å². The minimum Gasteiger partial charge on any atom is -0.367 e. The van der Waals surface area contributed by atoms with Crippen LogP contribution in [0.15, 0.2) is 48.7 Å². The first-order chi connectivity index (χ1) is 12.8. The predicted octanol–water partition coefficient (Wildman–Crippen LogP) is 3.29. The minimum absolute atomic E-state index is 0.312. The fourth-order valence-electron chi connectivity index (χ4n) is 3.82. The second kappa shape index (κ2) is 6.16. The van der Waals surface area contributed by atoms with Crippen LogP contribution in [0.25, 0.3) is 22.3 Å². The molecule has 132 valence electrons. The molecular weight excluding hydrogens is 324 g/mol. The van der Waals surface area contributed by atoms with Crippen molar-refractivity contribution >= 4 is 22.6 Å². The van der Waals surface area contributed by atoms with Crippen molar-refractivity contribution in [2.45, 2.75) is 12.8 Å². The van der Waals surface area contributed by atoms with Crippen molar-refractivity contribution in [2.75, 3.05) is 31.1 Å². The van der Waals surface area contributed by atoms with Crippen molar-refractivity contribution < 1.29 is 4.79 Å². The number of rotatable bonds is 3. The molecule has 1 N–H and O–H groups in total. The Kier molecular flexibility index (Phi) is 3.66. The summed E-state index contributed by atoms with van der Waals surface area (Å²) >= 11 is 0. The number of anilines is 1. The molecule has 0 unspecified atom stereocenters. The Hall–Kier alpha value is -2.82. The van der Waals surface area contributed by atoms with E-state index in [9.17, 15) is 4.79 Å². The molecule has 2 aromatic heterocycles. The lowest BCUT2D eigenvalue weighted by Gasteiger charge is -2.36. The quantitative estimate of drug-likeness (QED) is 0.792. The molecule has 1 aliphatic carbocycles. The highest BCUT2D eigenvalue weighted by atomic mass is 16.2. The van der Waals surface area contributed by atoms with Gasteiger partial charge in [-0.1, -0.05) is 30.3 Å². The number of fused-ring (bicyclic) bond motifs is 1. The molecule has 3 aromatic rings. The molecule has 0 bridgehead atoms. The molecule has 0 spiro atoms. The van der Waals surface area contributed by atoms with Crippen LogP contribution in [0, 0.1) is 5.92 Å². The zero-order valence-electron chi connectivity index (χ0n) is 14.7. The molecular formula is C21H22N4O. The van der Waals surface area contributed by atoms with Crippen LogP contribution in [0.5, 0.6) is 0 Å². The first-order valence-corrected chi connectivity index (χ1v) is 9.36. The summed E-state index contributed by atoms with van der Waals surface area (Å²) in [5.41, 5.74) is 4.36. The van der Waals surface area contributed by atoms with Crippen molar-refractivity contribution in [3.63, 3.8) is 0 Å². The molecule has 1 aliphatic heterocycles. The average molecular weight is 346 g/mol. The monoisotopic (exact) mass is 346 g/mol. The van der Waals surface area contributed by atoms with Gasteiger partial charge in [-0.15, -0.1) is 0 Å². The summed E-state index contributed by atoms with van der Waals surface area (Å²) in [5, 5.41) is 1.15. The van der Waals surface area contributed by atoms with Crippen molar-refractivity contribution in [1.29, 1.82) is 0 Å². The minimum atomic E-state index is 0.312. The molecule has 1 amide bonds. The zero-order chi connectivity index (χ0) is 17.5. The molecule has 3 heterocycles. The number of hydrogen-bond donors (Lipinski definition) is 1. The molecule has 5 heteroatoms. The highest BCUT2D eigenvalue weighted by molar-refractivity contribution is 5.94. The number of aromatic amines is 1. The highest BCUT2D eigenvalue weighted by Crippen LogP contribution is 2.33. The summed E-state index contributed by atoms with van der Waals surface area (Å²) in [6.45, 7) is 3.39. The fraction of sp³-hybridized carbons (Fsp3) is 0.333. The molecule has 1 saturated carbocycles. The predicted molar refractivity (Wildman–Crippen MR) is 103 cm³/mol. The summed E-state index contributed by atoms with van der Waals surface area (Å²) in [6, 6.07) is 14.6. The standard InChI is InChI=1S/C21H22N4O/c26-21(16-6-7-16)25-12-10-24(11-13-25)19-8-9-22-20-17(19)14-18(23-20)15-4-2-1-3-5-15/h1-5,8-9,14,16H,6-7,10-13H2,(H,22,23). The van der Waals surface area contributed by atoms with Crippen LogP contribution in [0.1, 0.15) is 12.8 Å². The number of piperazine rings is 1. The van der Waals surface area contributed by atoms with Crippen molar-refractivity contribution in [3.05, 3.63) is 48.7 Å². The number of H-pyrrole nitrogens is 1. The van der Waals surface area contributed by atoms with Crippen LogP contribution in [0.4, 0.5) is 5.69 Å². The van der Waals surface area contributed by atoms with Crippen LogP contribution in [0.3, 0.4) is 0 Å². The van der Waals surface area contributed by atoms with Gasteiger partial charge in [-0.25, -0.2) is 4.98 Å². The van der Waals surface area contributed by atoms with E-state index in [4.69, 9.17) is 0 Å². The first kappa shape index (κ1) is 15.4. The van der Waals surface area contributed by atoms with Gasteiger partial charge in [0, 0.05) is 55.1 Å². The largest absolute Gasteiger partial charge is 0.367 e. The molecule has 1 saturated heterocycles. The number of aromatic nitrogens is 2. The number of amides is 1. The zero-order valence-corrected chi connectivity index (χ0v) is 14.7. The Morgan fingerprint density at radius 3 is 2.54 bits per heavy atom. The van der Waals surface area contributed by atoms with E-state index < -0.39 is 0 Å².